The summed E-state index contributed by atoms with van der Waals surface area (Å²) in [6.07, 6.45) is -4.95. The highest BCUT2D eigenvalue weighted by molar-refractivity contribution is 6.76. The second-order valence-corrected chi connectivity index (χ2v) is 6.17. The van der Waals surface area contributed by atoms with Crippen LogP contribution in [0.4, 0.5) is 29.3 Å². The van der Waals surface area contributed by atoms with E-state index in [4.69, 9.17) is 34.8 Å². The first-order valence-corrected chi connectivity index (χ1v) is 6.50. The van der Waals surface area contributed by atoms with Crippen molar-refractivity contribution >= 4 is 58.1 Å². The molecule has 0 spiro atoms. The highest BCUT2D eigenvalue weighted by atomic mass is 35.6. The molecular formula is C10H5Cl3F3N3O4. The van der Waals surface area contributed by atoms with Gasteiger partial charge in [-0.3, -0.25) is 20.2 Å². The molecule has 0 aromatic heterocycles. The van der Waals surface area contributed by atoms with Crippen LogP contribution in [0, 0.1) is 10.1 Å². The summed E-state index contributed by atoms with van der Waals surface area (Å²) in [6.45, 7) is 0. The summed E-state index contributed by atoms with van der Waals surface area (Å²) in [6, 6.07) is 0.387. The summed E-state index contributed by atoms with van der Waals surface area (Å²) in [5.41, 5.74) is -3.15. The molecule has 0 aliphatic carbocycles. The van der Waals surface area contributed by atoms with Crippen LogP contribution < -0.4 is 10.6 Å². The molecule has 13 heteroatoms. The minimum Gasteiger partial charge on any atom is -0.307 e. The predicted octanol–water partition coefficient (Wildman–Crippen LogP) is 3.63. The third-order valence-electron chi connectivity index (χ3n) is 2.24. The molecule has 126 valence electrons. The fraction of sp³-hybridized carbons (Fsp3) is 0.200. The van der Waals surface area contributed by atoms with Gasteiger partial charge in [0.25, 0.3) is 15.4 Å². The molecule has 0 aliphatic rings. The molecule has 0 bridgehead atoms. The van der Waals surface area contributed by atoms with Crippen LogP contribution in [-0.2, 0) is 11.0 Å². The van der Waals surface area contributed by atoms with Gasteiger partial charge in [0.05, 0.1) is 4.92 Å². The number of amides is 3. The van der Waals surface area contributed by atoms with E-state index in [9.17, 15) is 32.9 Å². The van der Waals surface area contributed by atoms with Gasteiger partial charge in [0.1, 0.15) is 5.56 Å². The second kappa shape index (κ2) is 6.77. The molecule has 0 radical (unpaired) electrons. The first-order chi connectivity index (χ1) is 10.3. The Bertz CT molecular complexity index is 661. The van der Waals surface area contributed by atoms with E-state index in [1.54, 1.807) is 5.32 Å². The molecule has 0 fully saturated rings. The van der Waals surface area contributed by atoms with E-state index in [-0.39, 0.29) is 5.69 Å². The van der Waals surface area contributed by atoms with Crippen LogP contribution in [-0.4, -0.2) is 20.7 Å². The van der Waals surface area contributed by atoms with Crippen molar-refractivity contribution in [2.24, 2.45) is 0 Å². The lowest BCUT2D eigenvalue weighted by molar-refractivity contribution is -0.388. The van der Waals surface area contributed by atoms with Crippen molar-refractivity contribution < 1.29 is 27.7 Å². The van der Waals surface area contributed by atoms with Crippen molar-refractivity contribution in [1.29, 1.82) is 0 Å². The number of anilines is 1. The first-order valence-electron chi connectivity index (χ1n) is 5.37. The Hall–Kier alpha value is -1.78. The molecule has 3 amide bonds. The van der Waals surface area contributed by atoms with Crippen LogP contribution in [0.3, 0.4) is 0 Å². The number of hydrogen-bond donors (Lipinski definition) is 2. The molecule has 0 heterocycles. The van der Waals surface area contributed by atoms with Gasteiger partial charge in [0, 0.05) is 11.8 Å². The number of halogens is 6. The summed E-state index contributed by atoms with van der Waals surface area (Å²) >= 11 is 15.6. The van der Waals surface area contributed by atoms with E-state index >= 15 is 0 Å². The summed E-state index contributed by atoms with van der Waals surface area (Å²) in [7, 11) is 0. The lowest BCUT2D eigenvalue weighted by Gasteiger charge is -2.12. The predicted molar refractivity (Wildman–Crippen MR) is 75.5 cm³/mol. The first kappa shape index (κ1) is 19.3. The average molecular weight is 395 g/mol. The van der Waals surface area contributed by atoms with E-state index in [2.05, 4.69) is 0 Å². The highest BCUT2D eigenvalue weighted by Crippen LogP contribution is 2.37. The van der Waals surface area contributed by atoms with Crippen molar-refractivity contribution in [2.75, 3.05) is 5.32 Å². The van der Waals surface area contributed by atoms with Gasteiger partial charge in [-0.25, -0.2) is 4.79 Å². The smallest absolute Gasteiger partial charge is 0.307 e. The van der Waals surface area contributed by atoms with Crippen molar-refractivity contribution in [3.63, 3.8) is 0 Å². The summed E-state index contributed by atoms with van der Waals surface area (Å²) in [4.78, 5) is 32.0. The molecule has 0 aliphatic heterocycles. The number of nitrogens with zero attached hydrogens (tertiary/aromatic N) is 1. The molecule has 0 atom stereocenters. The Labute approximate surface area is 140 Å². The van der Waals surface area contributed by atoms with E-state index in [1.165, 1.54) is 0 Å². The maximum absolute atomic E-state index is 12.6. The summed E-state index contributed by atoms with van der Waals surface area (Å²) in [5, 5.41) is 14.2. The van der Waals surface area contributed by atoms with Gasteiger partial charge >= 0.3 is 12.2 Å². The second-order valence-electron chi connectivity index (χ2n) is 3.89. The monoisotopic (exact) mass is 393 g/mol. The van der Waals surface area contributed by atoms with Crippen molar-refractivity contribution in [2.45, 2.75) is 9.97 Å². The largest absolute Gasteiger partial charge is 0.423 e. The molecule has 0 saturated carbocycles. The fourth-order valence-corrected chi connectivity index (χ4v) is 1.48. The van der Waals surface area contributed by atoms with Crippen LogP contribution in [0.2, 0.25) is 0 Å². The molecule has 1 rings (SSSR count). The van der Waals surface area contributed by atoms with E-state index in [0.29, 0.717) is 12.1 Å². The van der Waals surface area contributed by atoms with Gasteiger partial charge in [-0.05, 0) is 12.1 Å². The van der Waals surface area contributed by atoms with Crippen molar-refractivity contribution in [3.05, 3.63) is 33.9 Å². The fourth-order valence-electron chi connectivity index (χ4n) is 1.34. The molecule has 1 aromatic carbocycles. The molecule has 23 heavy (non-hydrogen) atoms. The minimum atomic E-state index is -4.95. The number of alkyl halides is 6. The maximum Gasteiger partial charge on any atom is 0.423 e. The number of nitro groups is 1. The summed E-state index contributed by atoms with van der Waals surface area (Å²) < 4.78 is 35.4. The van der Waals surface area contributed by atoms with Gasteiger partial charge in [-0.2, -0.15) is 13.2 Å². The molecule has 1 aromatic rings. The number of nitro benzene ring substituents is 1. The average Bonchev–Trinajstić information content (AvgIpc) is 2.35. The van der Waals surface area contributed by atoms with Gasteiger partial charge in [-0.1, -0.05) is 34.8 Å². The Kier molecular flexibility index (Phi) is 5.67. The quantitative estimate of drug-likeness (QED) is 0.454. The molecule has 7 nitrogen and oxygen atoms in total. The highest BCUT2D eigenvalue weighted by Gasteiger charge is 2.38. The van der Waals surface area contributed by atoms with Crippen LogP contribution in [0.5, 0.6) is 0 Å². The van der Waals surface area contributed by atoms with Crippen molar-refractivity contribution in [3.8, 4) is 0 Å². The number of imide groups is 1. The Balaban J connectivity index is 2.99. The summed E-state index contributed by atoms with van der Waals surface area (Å²) in [5.74, 6) is -1.32. The van der Waals surface area contributed by atoms with E-state index in [0.717, 1.165) is 6.07 Å². The SMILES string of the molecule is O=C(NC(=O)C(Cl)(Cl)Cl)Nc1ccc(C(F)(F)F)c([N+](=O)[O-])c1. The topological polar surface area (TPSA) is 101 Å². The van der Waals surface area contributed by atoms with Gasteiger partial charge in [-0.15, -0.1) is 0 Å². The molecule has 0 unspecified atom stereocenters. The molecule has 2 N–H and O–H groups in total. The lowest BCUT2D eigenvalue weighted by atomic mass is 10.1. The Morgan fingerprint density at radius 2 is 1.74 bits per heavy atom. The zero-order chi connectivity index (χ0) is 18.0. The van der Waals surface area contributed by atoms with Gasteiger partial charge < -0.3 is 5.32 Å². The van der Waals surface area contributed by atoms with Gasteiger partial charge in [0.15, 0.2) is 0 Å². The van der Waals surface area contributed by atoms with Crippen LogP contribution >= 0.6 is 34.8 Å². The third-order valence-corrected chi connectivity index (χ3v) is 2.76. The normalized spacial score (nSPS) is 11.7. The molecular weight excluding hydrogens is 389 g/mol. The Morgan fingerprint density at radius 1 is 1.17 bits per heavy atom. The van der Waals surface area contributed by atoms with Crippen LogP contribution in [0.25, 0.3) is 0 Å². The maximum atomic E-state index is 12.6. The minimum absolute atomic E-state index is 0.376. The van der Waals surface area contributed by atoms with Crippen molar-refractivity contribution in [1.82, 2.24) is 5.32 Å². The van der Waals surface area contributed by atoms with E-state index < -0.39 is 38.1 Å². The van der Waals surface area contributed by atoms with Gasteiger partial charge in [0.2, 0.25) is 0 Å². The zero-order valence-electron chi connectivity index (χ0n) is 10.6. The number of carbonyl (C=O) groups is 2. The third kappa shape index (κ3) is 5.41. The standard InChI is InChI=1S/C10H5Cl3F3N3O4/c11-9(12,13)7(20)18-8(21)17-4-1-2-5(10(14,15)16)6(3-4)19(22)23/h1-3H,(H2,17,18,20,21). The van der Waals surface area contributed by atoms with Crippen LogP contribution in [0.1, 0.15) is 5.56 Å². The Morgan fingerprint density at radius 3 is 2.17 bits per heavy atom. The molecule has 0 saturated heterocycles. The number of urea groups is 1. The number of carbonyl (C=O) groups excluding carboxylic acids is 2. The number of benzene rings is 1. The zero-order valence-corrected chi connectivity index (χ0v) is 12.8. The number of rotatable bonds is 2. The lowest BCUT2D eigenvalue weighted by Crippen LogP contribution is -2.41. The number of hydrogen-bond acceptors (Lipinski definition) is 4. The number of nitrogens with one attached hydrogen (secondary N) is 2. The van der Waals surface area contributed by atoms with Crippen LogP contribution in [0.15, 0.2) is 18.2 Å². The van der Waals surface area contributed by atoms with E-state index in [1.807, 2.05) is 5.32 Å².